The second-order valence-corrected chi connectivity index (χ2v) is 5.28. The fraction of sp³-hybridized carbons (Fsp3) is 0.500. The van der Waals surface area contributed by atoms with Crippen molar-refractivity contribution in [2.75, 3.05) is 13.7 Å². The van der Waals surface area contributed by atoms with Gasteiger partial charge in [0.1, 0.15) is 5.54 Å². The van der Waals surface area contributed by atoms with Gasteiger partial charge in [-0.05, 0) is 25.5 Å². The van der Waals surface area contributed by atoms with Gasteiger partial charge in [0.15, 0.2) is 0 Å². The zero-order valence-corrected chi connectivity index (χ0v) is 12.0. The van der Waals surface area contributed by atoms with Crippen molar-refractivity contribution in [3.63, 3.8) is 0 Å². The van der Waals surface area contributed by atoms with Gasteiger partial charge in [-0.3, -0.25) is 5.32 Å². The molecule has 0 aliphatic heterocycles. The molecular weight excluding hydrogens is 250 g/mol. The standard InChI is InChI=1S/C14H20ClNO2/c1-10(2)9-16-14(3,13(17)18-4)11-7-5-6-8-12(11)15/h5-8,10,16H,9H2,1-4H3. The molecule has 0 radical (unpaired) electrons. The maximum absolute atomic E-state index is 12.1. The van der Waals surface area contributed by atoms with Crippen LogP contribution in [0.1, 0.15) is 26.3 Å². The first kappa shape index (κ1) is 15.0. The second-order valence-electron chi connectivity index (χ2n) is 4.87. The molecule has 1 atom stereocenters. The number of hydrogen-bond acceptors (Lipinski definition) is 3. The van der Waals surface area contributed by atoms with Crippen LogP contribution in [-0.4, -0.2) is 19.6 Å². The Labute approximate surface area is 113 Å². The van der Waals surface area contributed by atoms with Crippen LogP contribution in [0.2, 0.25) is 5.02 Å². The van der Waals surface area contributed by atoms with Crippen molar-refractivity contribution < 1.29 is 9.53 Å². The third-order valence-electron chi connectivity index (χ3n) is 2.87. The Morgan fingerprint density at radius 1 is 1.44 bits per heavy atom. The lowest BCUT2D eigenvalue weighted by atomic mass is 9.91. The summed E-state index contributed by atoms with van der Waals surface area (Å²) in [4.78, 5) is 12.1. The predicted octanol–water partition coefficient (Wildman–Crippen LogP) is 2.97. The Bertz CT molecular complexity index is 420. The monoisotopic (exact) mass is 269 g/mol. The van der Waals surface area contributed by atoms with E-state index in [1.807, 2.05) is 18.2 Å². The van der Waals surface area contributed by atoms with Crippen molar-refractivity contribution in [2.45, 2.75) is 26.3 Å². The van der Waals surface area contributed by atoms with Gasteiger partial charge in [-0.2, -0.15) is 0 Å². The molecule has 0 aliphatic carbocycles. The number of methoxy groups -OCH3 is 1. The molecule has 3 nitrogen and oxygen atoms in total. The van der Waals surface area contributed by atoms with E-state index in [0.717, 1.165) is 5.56 Å². The fourth-order valence-corrected chi connectivity index (χ4v) is 2.08. The first-order chi connectivity index (χ1) is 8.41. The van der Waals surface area contributed by atoms with Crippen molar-refractivity contribution >= 4 is 17.6 Å². The van der Waals surface area contributed by atoms with Gasteiger partial charge in [0.2, 0.25) is 0 Å². The van der Waals surface area contributed by atoms with E-state index in [1.54, 1.807) is 13.0 Å². The molecule has 0 amide bonds. The summed E-state index contributed by atoms with van der Waals surface area (Å²) in [7, 11) is 1.38. The SMILES string of the molecule is COC(=O)C(C)(NCC(C)C)c1ccccc1Cl. The van der Waals surface area contributed by atoms with Crippen LogP contribution in [0.25, 0.3) is 0 Å². The minimum absolute atomic E-state index is 0.337. The number of halogens is 1. The highest BCUT2D eigenvalue weighted by Crippen LogP contribution is 2.29. The van der Waals surface area contributed by atoms with Crippen molar-refractivity contribution in [2.24, 2.45) is 5.92 Å². The van der Waals surface area contributed by atoms with E-state index in [1.165, 1.54) is 7.11 Å². The molecule has 1 aromatic rings. The molecule has 1 aromatic carbocycles. The van der Waals surface area contributed by atoms with E-state index in [0.29, 0.717) is 17.5 Å². The van der Waals surface area contributed by atoms with Gasteiger partial charge in [0.25, 0.3) is 0 Å². The molecular formula is C14H20ClNO2. The molecule has 18 heavy (non-hydrogen) atoms. The normalized spacial score (nSPS) is 14.3. The zero-order valence-electron chi connectivity index (χ0n) is 11.3. The van der Waals surface area contributed by atoms with E-state index in [2.05, 4.69) is 19.2 Å². The lowest BCUT2D eigenvalue weighted by Gasteiger charge is -2.30. The second kappa shape index (κ2) is 6.21. The molecule has 0 saturated carbocycles. The first-order valence-electron chi connectivity index (χ1n) is 6.00. The maximum Gasteiger partial charge on any atom is 0.330 e. The van der Waals surface area contributed by atoms with Crippen molar-refractivity contribution in [1.29, 1.82) is 0 Å². The number of esters is 1. The minimum atomic E-state index is -0.919. The van der Waals surface area contributed by atoms with Crippen LogP contribution >= 0.6 is 11.6 Å². The van der Waals surface area contributed by atoms with Crippen LogP contribution in [0.3, 0.4) is 0 Å². The van der Waals surface area contributed by atoms with Gasteiger partial charge >= 0.3 is 5.97 Å². The number of hydrogen-bond donors (Lipinski definition) is 1. The highest BCUT2D eigenvalue weighted by Gasteiger charge is 2.37. The fourth-order valence-electron chi connectivity index (χ4n) is 1.76. The van der Waals surface area contributed by atoms with E-state index >= 15 is 0 Å². The molecule has 1 rings (SSSR count). The third-order valence-corrected chi connectivity index (χ3v) is 3.20. The number of carbonyl (C=O) groups excluding carboxylic acids is 1. The molecule has 1 N–H and O–H groups in total. The Kier molecular flexibility index (Phi) is 5.17. The third kappa shape index (κ3) is 3.24. The Hall–Kier alpha value is -1.06. The van der Waals surface area contributed by atoms with Gasteiger partial charge in [0, 0.05) is 10.6 Å². The number of carbonyl (C=O) groups is 1. The largest absolute Gasteiger partial charge is 0.467 e. The van der Waals surface area contributed by atoms with Crippen molar-refractivity contribution in [3.05, 3.63) is 34.9 Å². The zero-order chi connectivity index (χ0) is 13.8. The average Bonchev–Trinajstić information content (AvgIpc) is 2.35. The summed E-state index contributed by atoms with van der Waals surface area (Å²) in [5.74, 6) is 0.0905. The van der Waals surface area contributed by atoms with Crippen LogP contribution in [-0.2, 0) is 15.1 Å². The first-order valence-corrected chi connectivity index (χ1v) is 6.38. The molecule has 0 saturated heterocycles. The van der Waals surface area contributed by atoms with Gasteiger partial charge in [-0.15, -0.1) is 0 Å². The van der Waals surface area contributed by atoms with E-state index < -0.39 is 5.54 Å². The Morgan fingerprint density at radius 2 is 2.06 bits per heavy atom. The summed E-state index contributed by atoms with van der Waals surface area (Å²) in [6.07, 6.45) is 0. The molecule has 0 aliphatic rings. The summed E-state index contributed by atoms with van der Waals surface area (Å²) in [6, 6.07) is 7.31. The molecule has 100 valence electrons. The summed E-state index contributed by atoms with van der Waals surface area (Å²) < 4.78 is 4.90. The number of benzene rings is 1. The number of rotatable bonds is 5. The van der Waals surface area contributed by atoms with Gasteiger partial charge in [-0.25, -0.2) is 4.79 Å². The van der Waals surface area contributed by atoms with Crippen molar-refractivity contribution in [1.82, 2.24) is 5.32 Å². The summed E-state index contributed by atoms with van der Waals surface area (Å²) in [6.45, 7) is 6.66. The average molecular weight is 270 g/mol. The number of ether oxygens (including phenoxy) is 1. The molecule has 1 unspecified atom stereocenters. The summed E-state index contributed by atoms with van der Waals surface area (Å²) in [5.41, 5.74) is -0.184. The molecule has 0 spiro atoms. The van der Waals surface area contributed by atoms with Crippen LogP contribution in [0.5, 0.6) is 0 Å². The lowest BCUT2D eigenvalue weighted by molar-refractivity contribution is -0.148. The molecule has 4 heteroatoms. The summed E-state index contributed by atoms with van der Waals surface area (Å²) in [5, 5.41) is 3.80. The molecule has 0 fully saturated rings. The van der Waals surface area contributed by atoms with Gasteiger partial charge < -0.3 is 4.74 Å². The summed E-state index contributed by atoms with van der Waals surface area (Å²) >= 11 is 6.18. The lowest BCUT2D eigenvalue weighted by Crippen LogP contribution is -2.48. The highest BCUT2D eigenvalue weighted by molar-refractivity contribution is 6.31. The van der Waals surface area contributed by atoms with E-state index in [9.17, 15) is 4.79 Å². The smallest absolute Gasteiger partial charge is 0.330 e. The van der Waals surface area contributed by atoms with E-state index in [4.69, 9.17) is 16.3 Å². The van der Waals surface area contributed by atoms with Gasteiger partial charge in [0.05, 0.1) is 7.11 Å². The maximum atomic E-state index is 12.1. The van der Waals surface area contributed by atoms with Crippen LogP contribution < -0.4 is 5.32 Å². The number of nitrogens with one attached hydrogen (secondary N) is 1. The predicted molar refractivity (Wildman–Crippen MR) is 73.7 cm³/mol. The molecule has 0 heterocycles. The Morgan fingerprint density at radius 3 is 2.56 bits per heavy atom. The van der Waals surface area contributed by atoms with Crippen LogP contribution in [0.4, 0.5) is 0 Å². The highest BCUT2D eigenvalue weighted by atomic mass is 35.5. The van der Waals surface area contributed by atoms with E-state index in [-0.39, 0.29) is 5.97 Å². The quantitative estimate of drug-likeness (QED) is 0.835. The molecule has 0 aromatic heterocycles. The van der Waals surface area contributed by atoms with Crippen molar-refractivity contribution in [3.8, 4) is 0 Å². The van der Waals surface area contributed by atoms with Gasteiger partial charge in [-0.1, -0.05) is 43.6 Å². The Balaban J connectivity index is 3.12. The minimum Gasteiger partial charge on any atom is -0.467 e. The van der Waals surface area contributed by atoms with Crippen LogP contribution in [0.15, 0.2) is 24.3 Å². The van der Waals surface area contributed by atoms with Crippen LogP contribution in [0, 0.1) is 5.92 Å². The molecule has 0 bridgehead atoms. The topological polar surface area (TPSA) is 38.3 Å².